The first-order valence-corrected chi connectivity index (χ1v) is 13.8. The average Bonchev–Trinajstić information content (AvgIpc) is 3.33. The molecular formula is C30H22Cl3N5O2. The van der Waals surface area contributed by atoms with E-state index in [1.54, 1.807) is 23.0 Å². The van der Waals surface area contributed by atoms with E-state index in [-0.39, 0.29) is 10.7 Å². The Morgan fingerprint density at radius 1 is 1.00 bits per heavy atom. The number of benzene rings is 3. The first kappa shape index (κ1) is 26.3. The molecule has 0 spiro atoms. The zero-order valence-corrected chi connectivity index (χ0v) is 23.5. The van der Waals surface area contributed by atoms with Crippen LogP contribution in [0.25, 0.3) is 16.9 Å². The lowest BCUT2D eigenvalue weighted by Gasteiger charge is -2.37. The van der Waals surface area contributed by atoms with Gasteiger partial charge in [-0.3, -0.25) is 10.1 Å². The lowest BCUT2D eigenvalue weighted by molar-refractivity contribution is -0.384. The maximum Gasteiger partial charge on any atom is 0.288 e. The fourth-order valence-electron chi connectivity index (χ4n) is 5.12. The number of para-hydroxylation sites is 1. The highest BCUT2D eigenvalue weighted by Crippen LogP contribution is 2.48. The Balaban J connectivity index is 1.66. The summed E-state index contributed by atoms with van der Waals surface area (Å²) in [6, 6.07) is 22.2. The molecule has 2 aliphatic rings. The molecule has 0 saturated heterocycles. The summed E-state index contributed by atoms with van der Waals surface area (Å²) < 4.78 is 1.79. The van der Waals surface area contributed by atoms with E-state index in [0.29, 0.717) is 33.0 Å². The minimum atomic E-state index is -0.586. The minimum Gasteiger partial charge on any atom is -0.318 e. The van der Waals surface area contributed by atoms with Gasteiger partial charge in [0.05, 0.1) is 32.3 Å². The molecule has 0 radical (unpaired) electrons. The number of nitrogens with zero attached hydrogens (tertiary/aromatic N) is 5. The first-order chi connectivity index (χ1) is 19.4. The standard InChI is InChI=1S/C30H22Cl3N5O2/c1-2-6-18-9-11-19(12-10-18)27-26-28(20-13-14-23(32)25(15-20)38(39)40)36-17-21(31)16-24(33)29(36)34-30(26)37(35-27)22-7-4-3-5-8-22/h3-5,7-17,28H,2,6H2,1H3/t28-/m1/s1. The van der Waals surface area contributed by atoms with Crippen LogP contribution in [0.5, 0.6) is 0 Å². The second-order valence-corrected chi connectivity index (χ2v) is 10.8. The molecule has 7 nitrogen and oxygen atoms in total. The van der Waals surface area contributed by atoms with E-state index in [4.69, 9.17) is 44.9 Å². The Morgan fingerprint density at radius 2 is 1.75 bits per heavy atom. The monoisotopic (exact) mass is 589 g/mol. The van der Waals surface area contributed by atoms with Gasteiger partial charge in [0.25, 0.3) is 5.69 Å². The smallest absolute Gasteiger partial charge is 0.288 e. The number of halogens is 3. The van der Waals surface area contributed by atoms with Crippen molar-refractivity contribution < 1.29 is 4.92 Å². The van der Waals surface area contributed by atoms with Gasteiger partial charge in [0.15, 0.2) is 11.7 Å². The molecule has 3 aromatic carbocycles. The second kappa shape index (κ2) is 10.6. The number of nitro groups is 1. The summed E-state index contributed by atoms with van der Waals surface area (Å²) in [6.07, 6.45) is 5.38. The molecule has 1 atom stereocenters. The number of amidine groups is 1. The third-order valence-corrected chi connectivity index (χ3v) is 7.70. The molecule has 0 N–H and O–H groups in total. The molecular weight excluding hydrogens is 569 g/mol. The number of aromatic nitrogens is 2. The Bertz CT molecular complexity index is 1730. The number of nitro benzene ring substituents is 1. The molecule has 4 aromatic rings. The van der Waals surface area contributed by atoms with Crippen LogP contribution in [0.2, 0.25) is 5.02 Å². The van der Waals surface area contributed by atoms with E-state index in [1.165, 1.54) is 17.7 Å². The third-order valence-electron chi connectivity index (χ3n) is 6.89. The summed E-state index contributed by atoms with van der Waals surface area (Å²) in [6.45, 7) is 2.15. The highest BCUT2D eigenvalue weighted by molar-refractivity contribution is 6.45. The van der Waals surface area contributed by atoms with E-state index in [1.807, 2.05) is 35.2 Å². The maximum absolute atomic E-state index is 11.9. The molecule has 1 aromatic heterocycles. The molecule has 40 heavy (non-hydrogen) atoms. The summed E-state index contributed by atoms with van der Waals surface area (Å²) in [4.78, 5) is 18.2. The Hall–Kier alpha value is -3.91. The van der Waals surface area contributed by atoms with Gasteiger partial charge >= 0.3 is 0 Å². The number of fused-ring (bicyclic) bond motifs is 2. The molecule has 0 unspecified atom stereocenters. The van der Waals surface area contributed by atoms with Crippen LogP contribution in [-0.4, -0.2) is 25.4 Å². The van der Waals surface area contributed by atoms with E-state index in [2.05, 4.69) is 31.2 Å². The van der Waals surface area contributed by atoms with Crippen LogP contribution >= 0.6 is 34.8 Å². The van der Waals surface area contributed by atoms with Crippen molar-refractivity contribution in [2.75, 3.05) is 0 Å². The van der Waals surface area contributed by atoms with Crippen molar-refractivity contribution in [1.82, 2.24) is 14.7 Å². The molecule has 0 saturated carbocycles. The van der Waals surface area contributed by atoms with Gasteiger partial charge in [-0.2, -0.15) is 5.10 Å². The molecule has 6 rings (SSSR count). The van der Waals surface area contributed by atoms with Crippen molar-refractivity contribution in [3.05, 3.63) is 127 Å². The molecule has 2 aliphatic heterocycles. The van der Waals surface area contributed by atoms with E-state index >= 15 is 0 Å². The van der Waals surface area contributed by atoms with Crippen LogP contribution in [0, 0.1) is 10.1 Å². The minimum absolute atomic E-state index is 0.0514. The predicted molar refractivity (Wildman–Crippen MR) is 160 cm³/mol. The van der Waals surface area contributed by atoms with Gasteiger partial charge in [0, 0.05) is 17.8 Å². The van der Waals surface area contributed by atoms with E-state index < -0.39 is 11.0 Å². The normalized spacial score (nSPS) is 16.1. The SMILES string of the molecule is CCCc1ccc(-c2nn(-c3ccccc3)c3c2[C@@H](c2ccc(Cl)c([N+](=O)[O-])c2)N2C=C(Cl)C=C(Cl)C2=N3)cc1. The fourth-order valence-corrected chi connectivity index (χ4v) is 5.83. The summed E-state index contributed by atoms with van der Waals surface area (Å²) in [5.74, 6) is 1.04. The van der Waals surface area contributed by atoms with Gasteiger partial charge in [-0.25, -0.2) is 9.67 Å². The number of hydrogen-bond donors (Lipinski definition) is 0. The van der Waals surface area contributed by atoms with Gasteiger partial charge in [-0.15, -0.1) is 0 Å². The molecule has 10 heteroatoms. The zero-order valence-electron chi connectivity index (χ0n) is 21.3. The Kier molecular flexibility index (Phi) is 6.96. The van der Waals surface area contributed by atoms with Crippen LogP contribution < -0.4 is 0 Å². The second-order valence-electron chi connectivity index (χ2n) is 9.50. The molecule has 200 valence electrons. The summed E-state index contributed by atoms with van der Waals surface area (Å²) >= 11 is 19.4. The van der Waals surface area contributed by atoms with E-state index in [9.17, 15) is 10.1 Å². The first-order valence-electron chi connectivity index (χ1n) is 12.7. The molecule has 0 fully saturated rings. The van der Waals surface area contributed by atoms with Crippen LogP contribution in [0.1, 0.15) is 36.1 Å². The largest absolute Gasteiger partial charge is 0.318 e. The molecule has 3 heterocycles. The fraction of sp³-hybridized carbons (Fsp3) is 0.133. The van der Waals surface area contributed by atoms with Crippen molar-refractivity contribution >= 4 is 52.1 Å². The summed E-state index contributed by atoms with van der Waals surface area (Å²) in [7, 11) is 0. The average molecular weight is 591 g/mol. The topological polar surface area (TPSA) is 76.6 Å². The van der Waals surface area contributed by atoms with Crippen molar-refractivity contribution in [2.45, 2.75) is 25.8 Å². The molecule has 0 aliphatic carbocycles. The van der Waals surface area contributed by atoms with Gasteiger partial charge in [0.2, 0.25) is 0 Å². The van der Waals surface area contributed by atoms with Crippen LogP contribution in [-0.2, 0) is 6.42 Å². The number of hydrogen-bond acceptors (Lipinski definition) is 5. The highest BCUT2D eigenvalue weighted by Gasteiger charge is 2.39. The Labute approximate surface area is 245 Å². The third kappa shape index (κ3) is 4.60. The number of aliphatic imine (C=N–C) groups is 1. The lowest BCUT2D eigenvalue weighted by atomic mass is 9.91. The Morgan fingerprint density at radius 3 is 2.45 bits per heavy atom. The maximum atomic E-state index is 11.9. The van der Waals surface area contributed by atoms with Gasteiger partial charge in [-0.1, -0.05) is 96.7 Å². The quantitative estimate of drug-likeness (QED) is 0.166. The molecule has 0 amide bonds. The van der Waals surface area contributed by atoms with Gasteiger partial charge in [-0.05, 0) is 41.8 Å². The van der Waals surface area contributed by atoms with Crippen molar-refractivity contribution in [3.63, 3.8) is 0 Å². The number of rotatable bonds is 6. The predicted octanol–water partition coefficient (Wildman–Crippen LogP) is 8.70. The summed E-state index contributed by atoms with van der Waals surface area (Å²) in [5.41, 5.74) is 4.83. The van der Waals surface area contributed by atoms with Crippen molar-refractivity contribution in [3.8, 4) is 16.9 Å². The van der Waals surface area contributed by atoms with Crippen molar-refractivity contribution in [2.24, 2.45) is 4.99 Å². The van der Waals surface area contributed by atoms with Crippen molar-refractivity contribution in [1.29, 1.82) is 0 Å². The van der Waals surface area contributed by atoms with Crippen LogP contribution in [0.4, 0.5) is 11.5 Å². The van der Waals surface area contributed by atoms with Crippen LogP contribution in [0.15, 0.2) is 100 Å². The lowest BCUT2D eigenvalue weighted by Crippen LogP contribution is -2.35. The highest BCUT2D eigenvalue weighted by atomic mass is 35.5. The number of aryl methyl sites for hydroxylation is 1. The number of allylic oxidation sites excluding steroid dienone is 2. The van der Waals surface area contributed by atoms with E-state index in [0.717, 1.165) is 29.7 Å². The van der Waals surface area contributed by atoms with Gasteiger partial charge < -0.3 is 4.90 Å². The molecule has 0 bridgehead atoms. The van der Waals surface area contributed by atoms with Gasteiger partial charge in [0.1, 0.15) is 10.7 Å². The summed E-state index contributed by atoms with van der Waals surface area (Å²) in [5, 5.41) is 17.7. The zero-order chi connectivity index (χ0) is 28.0. The van der Waals surface area contributed by atoms with Crippen LogP contribution in [0.3, 0.4) is 0 Å².